The fourth-order valence-electron chi connectivity index (χ4n) is 2.33. The van der Waals surface area contributed by atoms with E-state index in [1.807, 2.05) is 31.2 Å². The van der Waals surface area contributed by atoms with E-state index in [1.165, 1.54) is 0 Å². The molecule has 0 bridgehead atoms. The molecule has 0 unspecified atom stereocenters. The molecule has 6 heteroatoms. The van der Waals surface area contributed by atoms with Crippen molar-refractivity contribution in [3.63, 3.8) is 0 Å². The van der Waals surface area contributed by atoms with Crippen molar-refractivity contribution in [1.82, 2.24) is 5.32 Å². The number of benzene rings is 2. The van der Waals surface area contributed by atoms with Crippen LogP contribution < -0.4 is 20.5 Å². The molecule has 0 aliphatic carbocycles. The highest BCUT2D eigenvalue weighted by atomic mass is 16.5. The zero-order chi connectivity index (χ0) is 18.8. The number of rotatable bonds is 11. The molecule has 0 saturated heterocycles. The molecule has 4 N–H and O–H groups in total. The van der Waals surface area contributed by atoms with E-state index in [4.69, 9.17) is 15.2 Å². The summed E-state index contributed by atoms with van der Waals surface area (Å²) in [6, 6.07) is 14.5. The average Bonchev–Trinajstić information content (AvgIpc) is 2.64. The molecule has 6 nitrogen and oxygen atoms in total. The van der Waals surface area contributed by atoms with Crippen LogP contribution in [0, 0.1) is 6.92 Å². The van der Waals surface area contributed by atoms with Crippen molar-refractivity contribution >= 4 is 5.91 Å². The maximum Gasteiger partial charge on any atom is 0.248 e. The molecular weight excluding hydrogens is 332 g/mol. The first-order valence-electron chi connectivity index (χ1n) is 8.66. The second-order valence-electron chi connectivity index (χ2n) is 6.03. The number of aliphatic hydroxyl groups excluding tert-OH is 1. The number of hydrogen-bond acceptors (Lipinski definition) is 5. The number of carbonyl (C=O) groups is 1. The highest BCUT2D eigenvalue weighted by Gasteiger charge is 2.06. The number of nitrogens with two attached hydrogens (primary N) is 1. The molecular formula is C20H26N2O4. The predicted molar refractivity (Wildman–Crippen MR) is 101 cm³/mol. The van der Waals surface area contributed by atoms with Gasteiger partial charge in [0.05, 0.1) is 6.61 Å². The minimum Gasteiger partial charge on any atom is -0.494 e. The van der Waals surface area contributed by atoms with Gasteiger partial charge in [-0.1, -0.05) is 18.2 Å². The van der Waals surface area contributed by atoms with Crippen LogP contribution in [0.3, 0.4) is 0 Å². The Morgan fingerprint density at radius 1 is 1.15 bits per heavy atom. The van der Waals surface area contributed by atoms with Gasteiger partial charge < -0.3 is 25.6 Å². The predicted octanol–water partition coefficient (Wildman–Crippen LogP) is 1.89. The second-order valence-corrected chi connectivity index (χ2v) is 6.03. The number of aryl methyl sites for hydroxylation is 1. The first kappa shape index (κ1) is 19.8. The van der Waals surface area contributed by atoms with Gasteiger partial charge in [0.1, 0.15) is 24.2 Å². The number of nitrogens with one attached hydrogen (secondary N) is 1. The Balaban J connectivity index is 1.54. The maximum absolute atomic E-state index is 11.0. The molecule has 26 heavy (non-hydrogen) atoms. The molecule has 0 saturated carbocycles. The summed E-state index contributed by atoms with van der Waals surface area (Å²) >= 11 is 0. The van der Waals surface area contributed by atoms with Crippen LogP contribution in [0.1, 0.15) is 22.3 Å². The molecule has 0 heterocycles. The van der Waals surface area contributed by atoms with Crippen LogP contribution in [-0.2, 0) is 0 Å². The Bertz CT molecular complexity index is 688. The lowest BCUT2D eigenvalue weighted by Crippen LogP contribution is -2.32. The molecule has 1 atom stereocenters. The minimum absolute atomic E-state index is 0.251. The fraction of sp³-hybridized carbons (Fsp3) is 0.350. The van der Waals surface area contributed by atoms with Gasteiger partial charge in [0.25, 0.3) is 0 Å². The van der Waals surface area contributed by atoms with Crippen molar-refractivity contribution < 1.29 is 19.4 Å². The zero-order valence-corrected chi connectivity index (χ0v) is 15.0. The zero-order valence-electron chi connectivity index (χ0n) is 15.0. The summed E-state index contributed by atoms with van der Waals surface area (Å²) in [5, 5.41) is 13.1. The summed E-state index contributed by atoms with van der Waals surface area (Å²) in [5.41, 5.74) is 6.70. The SMILES string of the molecule is Cc1ccccc1OC[C@H](O)CNCCCOc1ccc(C(N)=O)cc1. The van der Waals surface area contributed by atoms with E-state index in [1.54, 1.807) is 24.3 Å². The number of amides is 1. The average molecular weight is 358 g/mol. The summed E-state index contributed by atoms with van der Waals surface area (Å²) in [6.07, 6.45) is 0.222. The molecule has 1 amide bonds. The fourth-order valence-corrected chi connectivity index (χ4v) is 2.33. The summed E-state index contributed by atoms with van der Waals surface area (Å²) in [7, 11) is 0. The number of hydrogen-bond donors (Lipinski definition) is 3. The minimum atomic E-state index is -0.572. The summed E-state index contributed by atoms with van der Waals surface area (Å²) in [5.74, 6) is 1.04. The number of aliphatic hydroxyl groups is 1. The van der Waals surface area contributed by atoms with Crippen molar-refractivity contribution in [2.45, 2.75) is 19.4 Å². The Morgan fingerprint density at radius 2 is 1.88 bits per heavy atom. The third kappa shape index (κ3) is 6.74. The first-order chi connectivity index (χ1) is 12.6. The van der Waals surface area contributed by atoms with Crippen LogP contribution in [0.25, 0.3) is 0 Å². The Morgan fingerprint density at radius 3 is 2.58 bits per heavy atom. The Labute approximate surface area is 153 Å². The number of ether oxygens (including phenoxy) is 2. The van der Waals surface area contributed by atoms with Crippen molar-refractivity contribution in [3.05, 3.63) is 59.7 Å². The van der Waals surface area contributed by atoms with Crippen LogP contribution in [0.4, 0.5) is 0 Å². The molecule has 0 spiro atoms. The largest absolute Gasteiger partial charge is 0.494 e. The quantitative estimate of drug-likeness (QED) is 0.533. The van der Waals surface area contributed by atoms with Gasteiger partial charge in [0.2, 0.25) is 5.91 Å². The van der Waals surface area contributed by atoms with Gasteiger partial charge >= 0.3 is 0 Å². The molecule has 0 aromatic heterocycles. The number of para-hydroxylation sites is 1. The molecule has 0 aliphatic heterocycles. The lowest BCUT2D eigenvalue weighted by Gasteiger charge is -2.14. The molecule has 2 rings (SSSR count). The van der Waals surface area contributed by atoms with Gasteiger partial charge in [-0.25, -0.2) is 0 Å². The molecule has 2 aromatic carbocycles. The maximum atomic E-state index is 11.0. The van der Waals surface area contributed by atoms with E-state index in [0.717, 1.165) is 24.3 Å². The molecule has 0 radical (unpaired) electrons. The van der Waals surface area contributed by atoms with Gasteiger partial charge in [0, 0.05) is 12.1 Å². The van der Waals surface area contributed by atoms with Gasteiger partial charge in [-0.3, -0.25) is 4.79 Å². The van der Waals surface area contributed by atoms with E-state index in [2.05, 4.69) is 5.32 Å². The number of carbonyl (C=O) groups excluding carboxylic acids is 1. The van der Waals surface area contributed by atoms with E-state index < -0.39 is 12.0 Å². The van der Waals surface area contributed by atoms with Crippen molar-refractivity contribution in [2.24, 2.45) is 5.73 Å². The summed E-state index contributed by atoms with van der Waals surface area (Å²) in [6.45, 7) is 3.95. The standard InChI is InChI=1S/C20H26N2O4/c1-15-5-2-3-6-19(15)26-14-17(23)13-22-11-4-12-25-18-9-7-16(8-10-18)20(21)24/h2-3,5-10,17,22-23H,4,11-14H2,1H3,(H2,21,24)/t17-/m1/s1. The van der Waals surface area contributed by atoms with Crippen LogP contribution in [0.5, 0.6) is 11.5 Å². The highest BCUT2D eigenvalue weighted by molar-refractivity contribution is 5.92. The third-order valence-electron chi connectivity index (χ3n) is 3.81. The molecule has 0 fully saturated rings. The highest BCUT2D eigenvalue weighted by Crippen LogP contribution is 2.16. The first-order valence-corrected chi connectivity index (χ1v) is 8.66. The van der Waals surface area contributed by atoms with Gasteiger partial charge in [-0.2, -0.15) is 0 Å². The monoisotopic (exact) mass is 358 g/mol. The van der Waals surface area contributed by atoms with Gasteiger partial charge in [-0.05, 0) is 55.8 Å². The van der Waals surface area contributed by atoms with Crippen molar-refractivity contribution in [3.8, 4) is 11.5 Å². The van der Waals surface area contributed by atoms with E-state index in [0.29, 0.717) is 24.5 Å². The Kier molecular flexibility index (Phi) is 7.92. The molecule has 140 valence electrons. The van der Waals surface area contributed by atoms with E-state index in [9.17, 15) is 9.90 Å². The normalized spacial score (nSPS) is 11.8. The third-order valence-corrected chi connectivity index (χ3v) is 3.81. The van der Waals surface area contributed by atoms with E-state index in [-0.39, 0.29) is 6.61 Å². The van der Waals surface area contributed by atoms with Crippen molar-refractivity contribution in [2.75, 3.05) is 26.3 Å². The second kappa shape index (κ2) is 10.4. The van der Waals surface area contributed by atoms with Crippen molar-refractivity contribution in [1.29, 1.82) is 0 Å². The summed E-state index contributed by atoms with van der Waals surface area (Å²) in [4.78, 5) is 11.0. The summed E-state index contributed by atoms with van der Waals surface area (Å²) < 4.78 is 11.2. The van der Waals surface area contributed by atoms with Crippen LogP contribution in [-0.4, -0.2) is 43.4 Å². The number of primary amides is 1. The van der Waals surface area contributed by atoms with Crippen LogP contribution in [0.2, 0.25) is 0 Å². The van der Waals surface area contributed by atoms with E-state index >= 15 is 0 Å². The lowest BCUT2D eigenvalue weighted by molar-refractivity contribution is 0.1000. The van der Waals surface area contributed by atoms with Gasteiger partial charge in [-0.15, -0.1) is 0 Å². The molecule has 2 aromatic rings. The van der Waals surface area contributed by atoms with Gasteiger partial charge in [0.15, 0.2) is 0 Å². The topological polar surface area (TPSA) is 93.8 Å². The van der Waals surface area contributed by atoms with Crippen LogP contribution >= 0.6 is 0 Å². The Hall–Kier alpha value is -2.57. The smallest absolute Gasteiger partial charge is 0.248 e. The molecule has 0 aliphatic rings. The lowest BCUT2D eigenvalue weighted by atomic mass is 10.2. The van der Waals surface area contributed by atoms with Crippen LogP contribution in [0.15, 0.2) is 48.5 Å².